The van der Waals surface area contributed by atoms with Gasteiger partial charge >= 0.3 is 11.9 Å². The molecule has 1 saturated carbocycles. The van der Waals surface area contributed by atoms with Gasteiger partial charge in [-0.05, 0) is 18.6 Å². The maximum absolute atomic E-state index is 11.7. The Morgan fingerprint density at radius 1 is 1.24 bits per heavy atom. The summed E-state index contributed by atoms with van der Waals surface area (Å²) in [5, 5.41) is 9.09. The molecule has 2 atom stereocenters. The second-order valence-electron chi connectivity index (χ2n) is 5.65. The molecule has 7 nitrogen and oxygen atoms in total. The van der Waals surface area contributed by atoms with Crippen molar-refractivity contribution in [1.29, 1.82) is 0 Å². The van der Waals surface area contributed by atoms with Gasteiger partial charge in [-0.25, -0.2) is 4.79 Å². The topological polar surface area (TPSA) is 110 Å². The first-order chi connectivity index (χ1) is 12.0. The van der Waals surface area contributed by atoms with Crippen LogP contribution in [0.4, 0.5) is 0 Å². The molecule has 8 heteroatoms. The van der Waals surface area contributed by atoms with E-state index in [4.69, 9.17) is 9.94 Å². The molecule has 2 N–H and O–H groups in total. The number of hydrogen-bond donors (Lipinski definition) is 2. The van der Waals surface area contributed by atoms with E-state index in [0.717, 1.165) is 0 Å². The molecule has 1 amide bonds. The van der Waals surface area contributed by atoms with E-state index in [0.29, 0.717) is 29.9 Å². The van der Waals surface area contributed by atoms with E-state index in [9.17, 15) is 19.2 Å². The van der Waals surface area contributed by atoms with Gasteiger partial charge in [0.25, 0.3) is 5.91 Å². The number of carboxylic acids is 1. The van der Waals surface area contributed by atoms with E-state index >= 15 is 0 Å². The quantitative estimate of drug-likeness (QED) is 0.559. The van der Waals surface area contributed by atoms with Crippen LogP contribution in [0.15, 0.2) is 30.3 Å². The van der Waals surface area contributed by atoms with Crippen LogP contribution in [0.1, 0.15) is 29.6 Å². The fourth-order valence-corrected chi connectivity index (χ4v) is 3.73. The zero-order valence-electron chi connectivity index (χ0n) is 13.5. The Labute approximate surface area is 149 Å². The molecule has 2 unspecified atom stereocenters. The minimum atomic E-state index is -0.945. The van der Waals surface area contributed by atoms with E-state index in [1.165, 1.54) is 11.8 Å². The third kappa shape index (κ3) is 5.60. The average molecular weight is 365 g/mol. The highest BCUT2D eigenvalue weighted by atomic mass is 32.2. The van der Waals surface area contributed by atoms with Gasteiger partial charge in [0.1, 0.15) is 5.78 Å². The standard InChI is InChI=1S/C17H19NO6S/c19-14-7-6-12(17(22)23)13(14)10-25-9-8-15(20)24-18-16(21)11-4-2-1-3-5-11/h1-5,12-13H,6-10H2,(H,18,21)(H,22,23). The number of ketones is 1. The molecule has 0 saturated heterocycles. The molecule has 134 valence electrons. The van der Waals surface area contributed by atoms with Crippen LogP contribution in [0.25, 0.3) is 0 Å². The van der Waals surface area contributed by atoms with Crippen molar-refractivity contribution in [3.05, 3.63) is 35.9 Å². The summed E-state index contributed by atoms with van der Waals surface area (Å²) in [6.07, 6.45) is 0.737. The number of hydroxylamine groups is 1. The summed E-state index contributed by atoms with van der Waals surface area (Å²) in [4.78, 5) is 50.8. The second-order valence-corrected chi connectivity index (χ2v) is 6.80. The summed E-state index contributed by atoms with van der Waals surface area (Å²) in [5.41, 5.74) is 2.46. The molecule has 1 fully saturated rings. The smallest absolute Gasteiger partial charge is 0.333 e. The zero-order chi connectivity index (χ0) is 18.2. The highest BCUT2D eigenvalue weighted by Gasteiger charge is 2.38. The number of carbonyl (C=O) groups is 4. The van der Waals surface area contributed by atoms with Gasteiger partial charge in [-0.15, -0.1) is 0 Å². The van der Waals surface area contributed by atoms with Crippen molar-refractivity contribution in [2.75, 3.05) is 11.5 Å². The SMILES string of the molecule is O=C(CCSCC1C(=O)CCC1C(=O)O)ONC(=O)c1ccccc1. The Kier molecular flexibility index (Phi) is 7.00. The lowest BCUT2D eigenvalue weighted by Gasteiger charge is -2.13. The van der Waals surface area contributed by atoms with Crippen LogP contribution < -0.4 is 5.48 Å². The molecule has 0 bridgehead atoms. The van der Waals surface area contributed by atoms with Crippen LogP contribution in [0.2, 0.25) is 0 Å². The normalized spacial score (nSPS) is 19.4. The monoisotopic (exact) mass is 365 g/mol. The van der Waals surface area contributed by atoms with Gasteiger partial charge in [-0.1, -0.05) is 18.2 Å². The lowest BCUT2D eigenvalue weighted by atomic mass is 9.98. The summed E-state index contributed by atoms with van der Waals surface area (Å²) >= 11 is 1.34. The van der Waals surface area contributed by atoms with E-state index in [1.807, 2.05) is 0 Å². The van der Waals surface area contributed by atoms with E-state index in [1.54, 1.807) is 30.3 Å². The Morgan fingerprint density at radius 3 is 2.64 bits per heavy atom. The third-order valence-corrected chi connectivity index (χ3v) is 5.05. The predicted octanol–water partition coefficient (Wildman–Crippen LogP) is 1.68. The highest BCUT2D eigenvalue weighted by molar-refractivity contribution is 7.99. The van der Waals surface area contributed by atoms with Crippen LogP contribution in [-0.2, 0) is 19.2 Å². The summed E-state index contributed by atoms with van der Waals surface area (Å²) in [6.45, 7) is 0. The summed E-state index contributed by atoms with van der Waals surface area (Å²) in [5.74, 6) is -2.44. The Bertz CT molecular complexity index is 648. The Hall–Kier alpha value is -2.35. The van der Waals surface area contributed by atoms with Crippen molar-refractivity contribution in [1.82, 2.24) is 5.48 Å². The van der Waals surface area contributed by atoms with E-state index in [-0.39, 0.29) is 12.2 Å². The van der Waals surface area contributed by atoms with Crippen molar-refractivity contribution >= 4 is 35.4 Å². The van der Waals surface area contributed by atoms with Crippen molar-refractivity contribution in [2.24, 2.45) is 11.8 Å². The van der Waals surface area contributed by atoms with E-state index in [2.05, 4.69) is 5.48 Å². The van der Waals surface area contributed by atoms with Crippen LogP contribution in [-0.4, -0.2) is 40.2 Å². The molecule has 0 heterocycles. The zero-order valence-corrected chi connectivity index (χ0v) is 14.3. The number of rotatable bonds is 7. The average Bonchev–Trinajstić information content (AvgIpc) is 2.98. The number of Topliss-reactive ketones (excluding diaryl/α,β-unsaturated/α-hetero) is 1. The molecule has 1 aromatic rings. The molecule has 0 radical (unpaired) electrons. The minimum absolute atomic E-state index is 0.0300. The van der Waals surface area contributed by atoms with Crippen LogP contribution in [0.5, 0.6) is 0 Å². The van der Waals surface area contributed by atoms with Gasteiger partial charge in [0, 0.05) is 29.4 Å². The number of nitrogens with one attached hydrogen (secondary N) is 1. The number of thioether (sulfide) groups is 1. The molecule has 0 aliphatic heterocycles. The molecular formula is C17H19NO6S. The predicted molar refractivity (Wildman–Crippen MR) is 90.8 cm³/mol. The maximum atomic E-state index is 11.7. The van der Waals surface area contributed by atoms with Gasteiger partial charge in [-0.3, -0.25) is 14.4 Å². The van der Waals surface area contributed by atoms with Gasteiger partial charge < -0.3 is 9.94 Å². The second kappa shape index (κ2) is 9.22. The lowest BCUT2D eigenvalue weighted by molar-refractivity contribution is -0.148. The fraction of sp³-hybridized carbons (Fsp3) is 0.412. The van der Waals surface area contributed by atoms with Gasteiger partial charge in [0.2, 0.25) is 0 Å². The first-order valence-electron chi connectivity index (χ1n) is 7.87. The fourth-order valence-electron chi connectivity index (χ4n) is 2.58. The van der Waals surface area contributed by atoms with Crippen molar-refractivity contribution in [3.8, 4) is 0 Å². The first-order valence-corrected chi connectivity index (χ1v) is 9.03. The number of benzene rings is 1. The van der Waals surface area contributed by atoms with Gasteiger partial charge in [0.05, 0.1) is 12.3 Å². The molecule has 25 heavy (non-hydrogen) atoms. The maximum Gasteiger partial charge on any atom is 0.333 e. The molecule has 0 spiro atoms. The van der Waals surface area contributed by atoms with E-state index < -0.39 is 29.7 Å². The lowest BCUT2D eigenvalue weighted by Crippen LogP contribution is -2.27. The minimum Gasteiger partial charge on any atom is -0.481 e. The largest absolute Gasteiger partial charge is 0.481 e. The number of carbonyl (C=O) groups excluding carboxylic acids is 3. The molecule has 1 aliphatic carbocycles. The molecule has 2 rings (SSSR count). The Morgan fingerprint density at radius 2 is 1.96 bits per heavy atom. The number of carboxylic acid groups (broad SMARTS) is 1. The van der Waals surface area contributed by atoms with Crippen LogP contribution in [0, 0.1) is 11.8 Å². The molecule has 1 aromatic carbocycles. The van der Waals surface area contributed by atoms with Gasteiger partial charge in [-0.2, -0.15) is 17.2 Å². The summed E-state index contributed by atoms with van der Waals surface area (Å²) < 4.78 is 0. The first kappa shape index (κ1) is 19.0. The van der Waals surface area contributed by atoms with Crippen LogP contribution >= 0.6 is 11.8 Å². The number of amides is 1. The molecule has 0 aromatic heterocycles. The van der Waals surface area contributed by atoms with Crippen molar-refractivity contribution in [2.45, 2.75) is 19.3 Å². The number of aliphatic carboxylic acids is 1. The van der Waals surface area contributed by atoms with Crippen LogP contribution in [0.3, 0.4) is 0 Å². The third-order valence-electron chi connectivity index (χ3n) is 3.96. The van der Waals surface area contributed by atoms with Gasteiger partial charge in [0.15, 0.2) is 0 Å². The van der Waals surface area contributed by atoms with Crippen molar-refractivity contribution in [3.63, 3.8) is 0 Å². The summed E-state index contributed by atoms with van der Waals surface area (Å²) in [6, 6.07) is 8.35. The summed E-state index contributed by atoms with van der Waals surface area (Å²) in [7, 11) is 0. The number of hydrogen-bond acceptors (Lipinski definition) is 6. The molecular weight excluding hydrogens is 346 g/mol. The Balaban J connectivity index is 1.65. The highest BCUT2D eigenvalue weighted by Crippen LogP contribution is 2.31. The molecule has 1 aliphatic rings. The van der Waals surface area contributed by atoms with Crippen molar-refractivity contribution < 1.29 is 29.1 Å².